The largest absolute Gasteiger partial charge is 0.315 e. The molecule has 1 fully saturated rings. The van der Waals surface area contributed by atoms with Crippen molar-refractivity contribution >= 4 is 33.0 Å². The van der Waals surface area contributed by atoms with Crippen LogP contribution in [0.3, 0.4) is 0 Å². The highest BCUT2D eigenvalue weighted by Gasteiger charge is 2.27. The van der Waals surface area contributed by atoms with E-state index in [0.29, 0.717) is 0 Å². The van der Waals surface area contributed by atoms with Crippen molar-refractivity contribution in [1.82, 2.24) is 10.6 Å². The van der Waals surface area contributed by atoms with Gasteiger partial charge in [0.25, 0.3) is 0 Å². The minimum Gasteiger partial charge on any atom is -0.315 e. The summed E-state index contributed by atoms with van der Waals surface area (Å²) >= 11 is 8.23. The van der Waals surface area contributed by atoms with E-state index in [0.717, 1.165) is 24.7 Å². The van der Waals surface area contributed by atoms with Crippen LogP contribution >= 0.6 is 22.9 Å². The number of benzene rings is 1. The minimum atomic E-state index is 0.208. The molecule has 4 heteroatoms. The highest BCUT2D eigenvalue weighted by molar-refractivity contribution is 7.19. The van der Waals surface area contributed by atoms with E-state index in [1.807, 2.05) is 6.07 Å². The van der Waals surface area contributed by atoms with Gasteiger partial charge >= 0.3 is 0 Å². The van der Waals surface area contributed by atoms with Crippen molar-refractivity contribution < 1.29 is 0 Å². The maximum atomic E-state index is 6.44. The molecule has 2 heterocycles. The van der Waals surface area contributed by atoms with Crippen molar-refractivity contribution in [3.8, 4) is 0 Å². The van der Waals surface area contributed by atoms with Crippen LogP contribution in [0, 0.1) is 0 Å². The second kappa shape index (κ2) is 4.82. The molecule has 1 aromatic carbocycles. The number of nitrogens with one attached hydrogen (secondary N) is 2. The molecule has 0 bridgehead atoms. The molecule has 1 saturated heterocycles. The number of hydrogen-bond acceptors (Lipinski definition) is 3. The standard InChI is InChI=1S/C14H17ClN2S/c1-14(6-7-16-9-14)17-8-12-13(15)10-4-2-3-5-11(10)18-12/h2-5,16-17H,6-9H2,1H3. The fourth-order valence-corrected chi connectivity index (χ4v) is 3.88. The average molecular weight is 281 g/mol. The van der Waals surface area contributed by atoms with Gasteiger partial charge in [0.15, 0.2) is 0 Å². The lowest BCUT2D eigenvalue weighted by Crippen LogP contribution is -2.43. The smallest absolute Gasteiger partial charge is 0.0636 e. The predicted octanol–water partition coefficient (Wildman–Crippen LogP) is 3.40. The van der Waals surface area contributed by atoms with Gasteiger partial charge in [-0.15, -0.1) is 11.3 Å². The Morgan fingerprint density at radius 2 is 2.28 bits per heavy atom. The molecule has 1 atom stereocenters. The Hall–Kier alpha value is -0.610. The number of fused-ring (bicyclic) bond motifs is 1. The summed E-state index contributed by atoms with van der Waals surface area (Å²) in [5.41, 5.74) is 0.208. The van der Waals surface area contributed by atoms with Crippen LogP contribution in [0.5, 0.6) is 0 Å². The third kappa shape index (κ3) is 2.28. The van der Waals surface area contributed by atoms with E-state index in [9.17, 15) is 0 Å². The van der Waals surface area contributed by atoms with E-state index in [1.54, 1.807) is 11.3 Å². The lowest BCUT2D eigenvalue weighted by molar-refractivity contribution is 0.387. The van der Waals surface area contributed by atoms with Crippen LogP contribution in [0.1, 0.15) is 18.2 Å². The molecule has 1 aromatic heterocycles. The Morgan fingerprint density at radius 1 is 1.44 bits per heavy atom. The third-order valence-corrected chi connectivity index (χ3v) is 5.36. The van der Waals surface area contributed by atoms with Gasteiger partial charge in [-0.25, -0.2) is 0 Å². The molecule has 3 rings (SSSR count). The van der Waals surface area contributed by atoms with Crippen molar-refractivity contribution in [1.29, 1.82) is 0 Å². The molecule has 2 N–H and O–H groups in total. The zero-order valence-corrected chi connectivity index (χ0v) is 12.0. The summed E-state index contributed by atoms with van der Waals surface area (Å²) in [6, 6.07) is 8.33. The van der Waals surface area contributed by atoms with Crippen LogP contribution in [0.25, 0.3) is 10.1 Å². The summed E-state index contributed by atoms with van der Waals surface area (Å²) in [5.74, 6) is 0. The van der Waals surface area contributed by atoms with E-state index in [4.69, 9.17) is 11.6 Å². The van der Waals surface area contributed by atoms with Gasteiger partial charge in [-0.1, -0.05) is 29.8 Å². The molecule has 96 valence electrons. The van der Waals surface area contributed by atoms with Crippen molar-refractivity contribution in [2.45, 2.75) is 25.4 Å². The van der Waals surface area contributed by atoms with E-state index in [1.165, 1.54) is 21.4 Å². The van der Waals surface area contributed by atoms with Crippen LogP contribution < -0.4 is 10.6 Å². The first-order valence-corrected chi connectivity index (χ1v) is 7.49. The molecule has 18 heavy (non-hydrogen) atoms. The summed E-state index contributed by atoms with van der Waals surface area (Å²) in [6.45, 7) is 5.27. The number of thiophene rings is 1. The Labute approximate surface area is 116 Å². The first-order valence-electron chi connectivity index (χ1n) is 6.30. The Morgan fingerprint density at radius 3 is 3.00 bits per heavy atom. The van der Waals surface area contributed by atoms with Gasteiger partial charge in [0.1, 0.15) is 0 Å². The van der Waals surface area contributed by atoms with Crippen molar-refractivity contribution in [3.63, 3.8) is 0 Å². The van der Waals surface area contributed by atoms with Gasteiger partial charge < -0.3 is 10.6 Å². The first-order chi connectivity index (χ1) is 8.68. The van der Waals surface area contributed by atoms with Crippen molar-refractivity contribution in [2.24, 2.45) is 0 Å². The highest BCUT2D eigenvalue weighted by atomic mass is 35.5. The molecular weight excluding hydrogens is 264 g/mol. The summed E-state index contributed by atoms with van der Waals surface area (Å²) in [5, 5.41) is 9.13. The molecule has 0 radical (unpaired) electrons. The second-order valence-electron chi connectivity index (χ2n) is 5.18. The maximum Gasteiger partial charge on any atom is 0.0636 e. The minimum absolute atomic E-state index is 0.208. The topological polar surface area (TPSA) is 24.1 Å². The molecular formula is C14H17ClN2S. The van der Waals surface area contributed by atoms with Crippen molar-refractivity contribution in [2.75, 3.05) is 13.1 Å². The number of hydrogen-bond donors (Lipinski definition) is 2. The molecule has 1 aliphatic rings. The zero-order valence-electron chi connectivity index (χ0n) is 10.4. The summed E-state index contributed by atoms with van der Waals surface area (Å²) in [7, 11) is 0. The van der Waals surface area contributed by atoms with Gasteiger partial charge in [0.2, 0.25) is 0 Å². The monoisotopic (exact) mass is 280 g/mol. The lowest BCUT2D eigenvalue weighted by Gasteiger charge is -2.24. The van der Waals surface area contributed by atoms with E-state index < -0.39 is 0 Å². The van der Waals surface area contributed by atoms with Crippen LogP contribution in [0.4, 0.5) is 0 Å². The molecule has 2 aromatic rings. The summed E-state index contributed by atoms with van der Waals surface area (Å²) in [6.07, 6.45) is 1.18. The quantitative estimate of drug-likeness (QED) is 0.900. The Balaban J connectivity index is 1.80. The van der Waals surface area contributed by atoms with Gasteiger partial charge in [-0.2, -0.15) is 0 Å². The molecule has 1 aliphatic heterocycles. The van der Waals surface area contributed by atoms with Crippen LogP contribution in [0.15, 0.2) is 24.3 Å². The van der Waals surface area contributed by atoms with Gasteiger partial charge in [0.05, 0.1) is 5.02 Å². The zero-order chi connectivity index (χ0) is 12.6. The second-order valence-corrected chi connectivity index (χ2v) is 6.69. The third-order valence-electron chi connectivity index (χ3n) is 3.65. The van der Waals surface area contributed by atoms with Crippen LogP contribution in [-0.4, -0.2) is 18.6 Å². The number of rotatable bonds is 3. The van der Waals surface area contributed by atoms with Crippen molar-refractivity contribution in [3.05, 3.63) is 34.2 Å². The molecule has 0 spiro atoms. The van der Waals surface area contributed by atoms with E-state index in [2.05, 4.69) is 35.8 Å². The van der Waals surface area contributed by atoms with Crippen LogP contribution in [0.2, 0.25) is 5.02 Å². The fourth-order valence-electron chi connectivity index (χ4n) is 2.44. The molecule has 0 saturated carbocycles. The van der Waals surface area contributed by atoms with Crippen LogP contribution in [-0.2, 0) is 6.54 Å². The highest BCUT2D eigenvalue weighted by Crippen LogP contribution is 2.35. The average Bonchev–Trinajstić information content (AvgIpc) is 2.93. The molecule has 0 aliphatic carbocycles. The lowest BCUT2D eigenvalue weighted by atomic mass is 10.0. The van der Waals surface area contributed by atoms with Gasteiger partial charge in [0, 0.05) is 33.6 Å². The Bertz CT molecular complexity index is 558. The van der Waals surface area contributed by atoms with E-state index >= 15 is 0 Å². The predicted molar refractivity (Wildman–Crippen MR) is 79.6 cm³/mol. The number of halogens is 1. The SMILES string of the molecule is CC1(NCc2sc3ccccc3c2Cl)CCNC1. The molecule has 1 unspecified atom stereocenters. The van der Waals surface area contributed by atoms with Gasteiger partial charge in [-0.05, 0) is 26.0 Å². The van der Waals surface area contributed by atoms with E-state index in [-0.39, 0.29) is 5.54 Å². The fraction of sp³-hybridized carbons (Fsp3) is 0.429. The first kappa shape index (κ1) is 12.4. The van der Waals surface area contributed by atoms with Gasteiger partial charge in [-0.3, -0.25) is 0 Å². The normalized spacial score (nSPS) is 23.9. The molecule has 2 nitrogen and oxygen atoms in total. The molecule has 0 amide bonds. The summed E-state index contributed by atoms with van der Waals surface area (Å²) in [4.78, 5) is 1.24. The Kier molecular flexibility index (Phi) is 3.32. The summed E-state index contributed by atoms with van der Waals surface area (Å²) < 4.78 is 1.27. The maximum absolute atomic E-state index is 6.44.